The third kappa shape index (κ3) is 2.96. The number of aliphatic carboxylic acids is 1. The Balaban J connectivity index is 2.45. The summed E-state index contributed by atoms with van der Waals surface area (Å²) >= 11 is 0. The minimum Gasteiger partial charge on any atom is -0.479 e. The van der Waals surface area contributed by atoms with Gasteiger partial charge in [-0.05, 0) is 18.8 Å². The van der Waals surface area contributed by atoms with Gasteiger partial charge in [0.25, 0.3) is 0 Å². The van der Waals surface area contributed by atoms with Gasteiger partial charge in [0.2, 0.25) is 0 Å². The zero-order valence-electron chi connectivity index (χ0n) is 7.01. The number of hydrogen-bond donors (Lipinski definition) is 2. The number of aliphatic hydroxyl groups is 1. The molecule has 0 aromatic heterocycles. The maximum Gasteiger partial charge on any atom is 0.332 e. The van der Waals surface area contributed by atoms with Gasteiger partial charge >= 0.3 is 5.97 Å². The summed E-state index contributed by atoms with van der Waals surface area (Å²) in [5, 5.41) is 17.3. The van der Waals surface area contributed by atoms with Crippen LogP contribution in [0.1, 0.15) is 12.8 Å². The van der Waals surface area contributed by atoms with Gasteiger partial charge in [0.05, 0.1) is 11.5 Å². The maximum absolute atomic E-state index is 11.0. The molecule has 0 amide bonds. The van der Waals surface area contributed by atoms with E-state index in [-0.39, 0.29) is 23.8 Å². The van der Waals surface area contributed by atoms with E-state index in [0.717, 1.165) is 0 Å². The Bertz CT molecular complexity index is 294. The van der Waals surface area contributed by atoms with Gasteiger partial charge in [0.15, 0.2) is 15.9 Å². The minimum absolute atomic E-state index is 0.0112. The van der Waals surface area contributed by atoms with E-state index in [1.807, 2.05) is 0 Å². The number of carboxylic acids is 1. The molecule has 13 heavy (non-hydrogen) atoms. The van der Waals surface area contributed by atoms with E-state index in [1.54, 1.807) is 0 Å². The molecule has 0 radical (unpaired) electrons. The first kappa shape index (κ1) is 10.5. The van der Waals surface area contributed by atoms with Gasteiger partial charge in [0.1, 0.15) is 0 Å². The Kier molecular flexibility index (Phi) is 2.92. The molecule has 1 fully saturated rings. The van der Waals surface area contributed by atoms with Gasteiger partial charge < -0.3 is 10.2 Å². The van der Waals surface area contributed by atoms with E-state index in [0.29, 0.717) is 6.42 Å². The van der Waals surface area contributed by atoms with E-state index in [1.165, 1.54) is 0 Å². The average Bonchev–Trinajstić information content (AvgIpc) is 2.30. The highest BCUT2D eigenvalue weighted by Crippen LogP contribution is 2.22. The van der Waals surface area contributed by atoms with Crippen LogP contribution >= 0.6 is 0 Å². The highest BCUT2D eigenvalue weighted by atomic mass is 32.2. The van der Waals surface area contributed by atoms with Gasteiger partial charge in [-0.1, -0.05) is 0 Å². The van der Waals surface area contributed by atoms with Crippen LogP contribution in [-0.4, -0.2) is 42.2 Å². The summed E-state index contributed by atoms with van der Waals surface area (Å²) in [5.41, 5.74) is 0. The molecule has 0 spiro atoms. The normalized spacial score (nSPS) is 28.5. The van der Waals surface area contributed by atoms with Gasteiger partial charge in [-0.2, -0.15) is 0 Å². The molecule has 0 aromatic carbocycles. The Hall–Kier alpha value is -0.620. The second-order valence-electron chi connectivity index (χ2n) is 3.36. The first-order chi connectivity index (χ1) is 5.91. The molecule has 0 bridgehead atoms. The predicted octanol–water partition coefficient (Wildman–Crippen LogP) is -0.743. The van der Waals surface area contributed by atoms with Crippen LogP contribution in [0.2, 0.25) is 0 Å². The van der Waals surface area contributed by atoms with Crippen molar-refractivity contribution in [2.24, 2.45) is 5.92 Å². The lowest BCUT2D eigenvalue weighted by atomic mass is 10.0. The van der Waals surface area contributed by atoms with Crippen molar-refractivity contribution in [3.63, 3.8) is 0 Å². The van der Waals surface area contributed by atoms with Gasteiger partial charge in [-0.3, -0.25) is 0 Å². The lowest BCUT2D eigenvalue weighted by molar-refractivity contribution is -0.147. The topological polar surface area (TPSA) is 91.7 Å². The standard InChI is InChI=1S/C7H12O5S/c8-6(7(9)10)3-5-1-2-13(11,12)4-5/h5-6,8H,1-4H2,(H,9,10). The van der Waals surface area contributed by atoms with Crippen molar-refractivity contribution < 1.29 is 23.4 Å². The van der Waals surface area contributed by atoms with Crippen molar-refractivity contribution in [3.8, 4) is 0 Å². The van der Waals surface area contributed by atoms with Crippen LogP contribution in [0, 0.1) is 5.92 Å². The molecular weight excluding hydrogens is 196 g/mol. The van der Waals surface area contributed by atoms with E-state index >= 15 is 0 Å². The molecule has 0 aliphatic carbocycles. The summed E-state index contributed by atoms with van der Waals surface area (Å²) in [4.78, 5) is 10.2. The molecule has 2 N–H and O–H groups in total. The van der Waals surface area contributed by atoms with Crippen LogP contribution in [0.5, 0.6) is 0 Å². The van der Waals surface area contributed by atoms with Crippen molar-refractivity contribution in [1.82, 2.24) is 0 Å². The molecule has 76 valence electrons. The fourth-order valence-electron chi connectivity index (χ4n) is 1.47. The van der Waals surface area contributed by atoms with Crippen LogP contribution < -0.4 is 0 Å². The third-order valence-electron chi connectivity index (χ3n) is 2.17. The van der Waals surface area contributed by atoms with Gasteiger partial charge in [0, 0.05) is 0 Å². The smallest absolute Gasteiger partial charge is 0.332 e. The van der Waals surface area contributed by atoms with E-state index in [2.05, 4.69) is 0 Å². The summed E-state index contributed by atoms with van der Waals surface area (Å²) < 4.78 is 21.9. The van der Waals surface area contributed by atoms with Crippen molar-refractivity contribution >= 4 is 15.8 Å². The molecule has 1 heterocycles. The lowest BCUT2D eigenvalue weighted by Gasteiger charge is -2.09. The fourth-order valence-corrected chi connectivity index (χ4v) is 3.35. The number of sulfone groups is 1. The number of carbonyl (C=O) groups is 1. The van der Waals surface area contributed by atoms with E-state index in [4.69, 9.17) is 10.2 Å². The molecule has 2 unspecified atom stereocenters. The summed E-state index contributed by atoms with van der Waals surface area (Å²) in [6.07, 6.45) is -0.931. The Morgan fingerprint density at radius 2 is 2.15 bits per heavy atom. The van der Waals surface area contributed by atoms with E-state index in [9.17, 15) is 13.2 Å². The summed E-state index contributed by atoms with van der Waals surface area (Å²) in [7, 11) is -2.97. The Morgan fingerprint density at radius 1 is 1.54 bits per heavy atom. The molecule has 0 saturated carbocycles. The first-order valence-electron chi connectivity index (χ1n) is 4.02. The summed E-state index contributed by atoms with van der Waals surface area (Å²) in [6, 6.07) is 0. The monoisotopic (exact) mass is 208 g/mol. The van der Waals surface area contributed by atoms with Gasteiger partial charge in [-0.25, -0.2) is 13.2 Å². The van der Waals surface area contributed by atoms with Crippen LogP contribution in [0.25, 0.3) is 0 Å². The number of aliphatic hydroxyl groups excluding tert-OH is 1. The van der Waals surface area contributed by atoms with Crippen molar-refractivity contribution in [2.75, 3.05) is 11.5 Å². The molecule has 1 saturated heterocycles. The highest BCUT2D eigenvalue weighted by Gasteiger charge is 2.30. The largest absolute Gasteiger partial charge is 0.479 e. The quantitative estimate of drug-likeness (QED) is 0.637. The van der Waals surface area contributed by atoms with Crippen LogP contribution in [0.3, 0.4) is 0 Å². The maximum atomic E-state index is 11.0. The zero-order valence-corrected chi connectivity index (χ0v) is 7.83. The summed E-state index contributed by atoms with van der Waals surface area (Å²) in [5.74, 6) is -1.36. The van der Waals surface area contributed by atoms with Crippen LogP contribution in [-0.2, 0) is 14.6 Å². The fraction of sp³-hybridized carbons (Fsp3) is 0.857. The molecule has 1 aliphatic heterocycles. The highest BCUT2D eigenvalue weighted by molar-refractivity contribution is 7.91. The molecule has 1 aliphatic rings. The lowest BCUT2D eigenvalue weighted by Crippen LogP contribution is -2.23. The van der Waals surface area contributed by atoms with Crippen molar-refractivity contribution in [3.05, 3.63) is 0 Å². The zero-order chi connectivity index (χ0) is 10.1. The number of rotatable bonds is 3. The SMILES string of the molecule is O=C(O)C(O)CC1CCS(=O)(=O)C1. The molecule has 2 atom stereocenters. The number of carboxylic acid groups (broad SMARTS) is 1. The second-order valence-corrected chi connectivity index (χ2v) is 5.59. The molecule has 1 rings (SSSR count). The van der Waals surface area contributed by atoms with Crippen LogP contribution in [0.4, 0.5) is 0 Å². The van der Waals surface area contributed by atoms with Crippen molar-refractivity contribution in [2.45, 2.75) is 18.9 Å². The van der Waals surface area contributed by atoms with E-state index < -0.39 is 21.9 Å². The summed E-state index contributed by atoms with van der Waals surface area (Å²) in [6.45, 7) is 0. The molecule has 5 nitrogen and oxygen atoms in total. The Morgan fingerprint density at radius 3 is 2.54 bits per heavy atom. The Labute approximate surface area is 76.3 Å². The third-order valence-corrected chi connectivity index (χ3v) is 4.01. The van der Waals surface area contributed by atoms with Crippen LogP contribution in [0.15, 0.2) is 0 Å². The minimum atomic E-state index is -2.97. The predicted molar refractivity (Wildman–Crippen MR) is 45.0 cm³/mol. The van der Waals surface area contributed by atoms with Crippen molar-refractivity contribution in [1.29, 1.82) is 0 Å². The molecule has 6 heteroatoms. The van der Waals surface area contributed by atoms with Gasteiger partial charge in [-0.15, -0.1) is 0 Å². The average molecular weight is 208 g/mol. The number of hydrogen-bond acceptors (Lipinski definition) is 4. The first-order valence-corrected chi connectivity index (χ1v) is 5.84. The molecular formula is C7H12O5S. The second kappa shape index (κ2) is 3.63. The molecule has 0 aromatic rings.